The molecule has 2 rings (SSSR count). The fourth-order valence-electron chi connectivity index (χ4n) is 1.61. The maximum absolute atomic E-state index is 8.74. The van der Waals surface area contributed by atoms with Crippen LogP contribution in [0.3, 0.4) is 0 Å². The lowest BCUT2D eigenvalue weighted by Crippen LogP contribution is -1.98. The summed E-state index contributed by atoms with van der Waals surface area (Å²) in [5.74, 6) is 0.772. The van der Waals surface area contributed by atoms with E-state index in [1.807, 2.05) is 48.5 Å². The normalized spacial score (nSPS) is 8.80. The van der Waals surface area contributed by atoms with Gasteiger partial charge in [0.1, 0.15) is 5.75 Å². The molecule has 106 valence electrons. The van der Waals surface area contributed by atoms with Crippen molar-refractivity contribution in [2.24, 2.45) is 0 Å². The average molecular weight is 271 g/mol. The minimum absolute atomic E-state index is 0. The Balaban J connectivity index is 0.00000180. The number of hydrogen-bond donors (Lipinski definition) is 0. The van der Waals surface area contributed by atoms with Gasteiger partial charge in [0, 0.05) is 7.11 Å². The minimum atomic E-state index is 0. The van der Waals surface area contributed by atoms with E-state index in [2.05, 4.69) is 6.07 Å². The Hall–Kier alpha value is -2.31. The molecule has 0 aliphatic rings. The molecule has 2 aromatic carbocycles. The van der Waals surface area contributed by atoms with E-state index in [9.17, 15) is 0 Å². The molecular formula is C17H21NO2. The molecule has 0 amide bonds. The number of rotatable bonds is 4. The van der Waals surface area contributed by atoms with Crippen molar-refractivity contribution in [1.29, 1.82) is 5.26 Å². The fraction of sp³-hybridized carbons (Fsp3) is 0.235. The third-order valence-electron chi connectivity index (χ3n) is 2.55. The van der Waals surface area contributed by atoms with Gasteiger partial charge in [-0.3, -0.25) is 0 Å². The van der Waals surface area contributed by atoms with E-state index >= 15 is 0 Å². The van der Waals surface area contributed by atoms with Gasteiger partial charge in [0.15, 0.2) is 6.79 Å². The molecule has 0 radical (unpaired) electrons. The van der Waals surface area contributed by atoms with E-state index in [4.69, 9.17) is 14.7 Å². The molecule has 0 unspecified atom stereocenters. The lowest BCUT2D eigenvalue weighted by molar-refractivity contribution is 0.0511. The summed E-state index contributed by atoms with van der Waals surface area (Å²) < 4.78 is 10.2. The molecule has 3 nitrogen and oxygen atoms in total. The molecule has 0 aliphatic carbocycles. The van der Waals surface area contributed by atoms with Crippen molar-refractivity contribution >= 4 is 0 Å². The van der Waals surface area contributed by atoms with E-state index in [1.165, 1.54) is 0 Å². The van der Waals surface area contributed by atoms with Gasteiger partial charge in [0.05, 0.1) is 11.6 Å². The SMILES string of the molecule is C.C.COCOc1ccc(-c2ccc(C#N)cc2)cc1. The number of benzene rings is 2. The molecule has 0 aliphatic heterocycles. The Kier molecular flexibility index (Phi) is 7.72. The van der Waals surface area contributed by atoms with Gasteiger partial charge in [0.25, 0.3) is 0 Å². The van der Waals surface area contributed by atoms with Crippen molar-refractivity contribution in [1.82, 2.24) is 0 Å². The summed E-state index contributed by atoms with van der Waals surface area (Å²) in [6, 6.07) is 17.3. The first-order chi connectivity index (χ1) is 8.83. The standard InChI is InChI=1S/C15H13NO2.2CH4/c1-17-11-18-15-8-6-14(7-9-15)13-4-2-12(10-16)3-5-13;;/h2-9H,11H2,1H3;2*1H4. The van der Waals surface area contributed by atoms with Crippen molar-refractivity contribution in [2.45, 2.75) is 14.9 Å². The molecule has 0 saturated carbocycles. The van der Waals surface area contributed by atoms with Crippen LogP contribution in [0.4, 0.5) is 0 Å². The zero-order valence-electron chi connectivity index (χ0n) is 10.1. The summed E-state index contributed by atoms with van der Waals surface area (Å²) in [4.78, 5) is 0. The van der Waals surface area contributed by atoms with Gasteiger partial charge in [-0.1, -0.05) is 39.1 Å². The van der Waals surface area contributed by atoms with E-state index < -0.39 is 0 Å². The molecule has 0 fully saturated rings. The third kappa shape index (κ3) is 4.42. The van der Waals surface area contributed by atoms with Crippen molar-refractivity contribution < 1.29 is 9.47 Å². The van der Waals surface area contributed by atoms with E-state index in [0.29, 0.717) is 5.56 Å². The predicted molar refractivity (Wildman–Crippen MR) is 82.6 cm³/mol. The van der Waals surface area contributed by atoms with Crippen molar-refractivity contribution in [3.05, 3.63) is 54.1 Å². The highest BCUT2D eigenvalue weighted by molar-refractivity contribution is 5.64. The topological polar surface area (TPSA) is 42.2 Å². The lowest BCUT2D eigenvalue weighted by Gasteiger charge is -2.06. The second-order valence-electron chi connectivity index (χ2n) is 3.76. The number of nitriles is 1. The summed E-state index contributed by atoms with van der Waals surface area (Å²) in [6.07, 6.45) is 0. The fourth-order valence-corrected chi connectivity index (χ4v) is 1.61. The number of hydrogen-bond acceptors (Lipinski definition) is 3. The summed E-state index contributed by atoms with van der Waals surface area (Å²) in [5, 5.41) is 8.74. The smallest absolute Gasteiger partial charge is 0.188 e. The lowest BCUT2D eigenvalue weighted by atomic mass is 10.0. The zero-order valence-corrected chi connectivity index (χ0v) is 10.1. The molecular weight excluding hydrogens is 250 g/mol. The van der Waals surface area contributed by atoms with Gasteiger partial charge >= 0.3 is 0 Å². The Labute approximate surface area is 121 Å². The van der Waals surface area contributed by atoms with Crippen LogP contribution in [0.25, 0.3) is 11.1 Å². The van der Waals surface area contributed by atoms with Crippen molar-refractivity contribution in [2.75, 3.05) is 13.9 Å². The molecule has 0 N–H and O–H groups in total. The van der Waals surface area contributed by atoms with E-state index in [-0.39, 0.29) is 21.6 Å². The quantitative estimate of drug-likeness (QED) is 0.770. The second kappa shape index (κ2) is 8.73. The van der Waals surface area contributed by atoms with Crippen LogP contribution in [0.5, 0.6) is 5.75 Å². The summed E-state index contributed by atoms with van der Waals surface area (Å²) in [7, 11) is 1.59. The monoisotopic (exact) mass is 271 g/mol. The van der Waals surface area contributed by atoms with Crippen LogP contribution in [-0.4, -0.2) is 13.9 Å². The Morgan fingerprint density at radius 2 is 1.40 bits per heavy atom. The highest BCUT2D eigenvalue weighted by atomic mass is 16.7. The van der Waals surface area contributed by atoms with Crippen LogP contribution >= 0.6 is 0 Å². The zero-order chi connectivity index (χ0) is 12.8. The van der Waals surface area contributed by atoms with Gasteiger partial charge in [-0.2, -0.15) is 5.26 Å². The Bertz CT molecular complexity index is 539. The minimum Gasteiger partial charge on any atom is -0.468 e. The van der Waals surface area contributed by atoms with Crippen LogP contribution in [0.1, 0.15) is 20.4 Å². The molecule has 20 heavy (non-hydrogen) atoms. The first kappa shape index (κ1) is 17.7. The summed E-state index contributed by atoms with van der Waals surface area (Å²) in [6.45, 7) is 0.246. The van der Waals surface area contributed by atoms with Crippen LogP contribution in [0.2, 0.25) is 0 Å². The summed E-state index contributed by atoms with van der Waals surface area (Å²) >= 11 is 0. The van der Waals surface area contributed by atoms with Crippen molar-refractivity contribution in [3.8, 4) is 22.9 Å². The van der Waals surface area contributed by atoms with Gasteiger partial charge in [-0.25, -0.2) is 0 Å². The van der Waals surface area contributed by atoms with Gasteiger partial charge in [-0.05, 0) is 35.4 Å². The molecule has 0 saturated heterocycles. The first-order valence-electron chi connectivity index (χ1n) is 5.56. The number of methoxy groups -OCH3 is 1. The molecule has 2 aromatic rings. The van der Waals surface area contributed by atoms with Crippen molar-refractivity contribution in [3.63, 3.8) is 0 Å². The largest absolute Gasteiger partial charge is 0.468 e. The van der Waals surface area contributed by atoms with Gasteiger partial charge in [0.2, 0.25) is 0 Å². The Morgan fingerprint density at radius 3 is 1.85 bits per heavy atom. The van der Waals surface area contributed by atoms with E-state index in [0.717, 1.165) is 16.9 Å². The first-order valence-corrected chi connectivity index (χ1v) is 5.56. The van der Waals surface area contributed by atoms with Crippen LogP contribution in [-0.2, 0) is 4.74 Å². The molecule has 0 atom stereocenters. The van der Waals surface area contributed by atoms with Crippen LogP contribution in [0, 0.1) is 11.3 Å². The van der Waals surface area contributed by atoms with Crippen LogP contribution in [0.15, 0.2) is 48.5 Å². The second-order valence-corrected chi connectivity index (χ2v) is 3.76. The van der Waals surface area contributed by atoms with Gasteiger partial charge in [-0.15, -0.1) is 0 Å². The molecule has 0 bridgehead atoms. The molecule has 0 heterocycles. The molecule has 0 spiro atoms. The average Bonchev–Trinajstić information content (AvgIpc) is 2.46. The highest BCUT2D eigenvalue weighted by Crippen LogP contribution is 2.22. The van der Waals surface area contributed by atoms with E-state index in [1.54, 1.807) is 7.11 Å². The van der Waals surface area contributed by atoms with Crippen LogP contribution < -0.4 is 4.74 Å². The maximum Gasteiger partial charge on any atom is 0.188 e. The maximum atomic E-state index is 8.74. The predicted octanol–water partition coefficient (Wildman–Crippen LogP) is 4.48. The number of ether oxygens (including phenoxy) is 2. The van der Waals surface area contributed by atoms with Gasteiger partial charge < -0.3 is 9.47 Å². The summed E-state index contributed by atoms with van der Waals surface area (Å²) in [5.41, 5.74) is 2.83. The Morgan fingerprint density at radius 1 is 0.900 bits per heavy atom. The highest BCUT2D eigenvalue weighted by Gasteiger charge is 1.99. The molecule has 3 heteroatoms. The number of nitrogens with zero attached hydrogens (tertiary/aromatic N) is 1. The molecule has 0 aromatic heterocycles. The third-order valence-corrected chi connectivity index (χ3v) is 2.55.